The fraction of sp³-hybridized carbons (Fsp3) is 1.00. The molecule has 1 atom stereocenters. The number of rotatable bonds is 1. The molecular weight excluding hydrogens is 130 g/mol. The second-order valence-corrected chi connectivity index (χ2v) is 3.25. The lowest BCUT2D eigenvalue weighted by molar-refractivity contribution is -0.178. The number of nitrogens with two attached hydrogens (primary N) is 1. The predicted octanol–water partition coefficient (Wildman–Crippen LogP) is 0.139. The van der Waals surface area contributed by atoms with Crippen molar-refractivity contribution < 1.29 is 9.47 Å². The van der Waals surface area contributed by atoms with Crippen LogP contribution in [0.5, 0.6) is 0 Å². The summed E-state index contributed by atoms with van der Waals surface area (Å²) in [6.07, 6.45) is 0.0868. The van der Waals surface area contributed by atoms with Crippen LogP contribution in [0, 0.1) is 0 Å². The van der Waals surface area contributed by atoms with Crippen molar-refractivity contribution in [2.75, 3.05) is 19.8 Å². The molecule has 0 aromatic heterocycles. The summed E-state index contributed by atoms with van der Waals surface area (Å²) in [6.45, 7) is 5.87. The monoisotopic (exact) mass is 145 g/mol. The molecule has 1 saturated heterocycles. The highest BCUT2D eigenvalue weighted by molar-refractivity contribution is 4.75. The predicted molar refractivity (Wildman–Crippen MR) is 38.8 cm³/mol. The second kappa shape index (κ2) is 2.86. The van der Waals surface area contributed by atoms with Gasteiger partial charge in [0.1, 0.15) is 0 Å². The first-order valence-electron chi connectivity index (χ1n) is 3.60. The average Bonchev–Trinajstić information content (AvgIpc) is 1.86. The van der Waals surface area contributed by atoms with Gasteiger partial charge in [0.05, 0.1) is 24.9 Å². The minimum atomic E-state index is -0.151. The van der Waals surface area contributed by atoms with Gasteiger partial charge >= 0.3 is 0 Å². The quantitative estimate of drug-likeness (QED) is 0.570. The molecule has 0 amide bonds. The van der Waals surface area contributed by atoms with Crippen molar-refractivity contribution in [3.8, 4) is 0 Å². The van der Waals surface area contributed by atoms with Gasteiger partial charge in [0, 0.05) is 6.54 Å². The maximum absolute atomic E-state index is 5.57. The Morgan fingerprint density at radius 3 is 2.70 bits per heavy atom. The molecule has 3 nitrogen and oxygen atoms in total. The van der Waals surface area contributed by atoms with E-state index in [0.717, 1.165) is 0 Å². The summed E-state index contributed by atoms with van der Waals surface area (Å²) in [5.41, 5.74) is 5.27. The van der Waals surface area contributed by atoms with Crippen molar-refractivity contribution in [3.05, 3.63) is 0 Å². The van der Waals surface area contributed by atoms with Gasteiger partial charge in [0.25, 0.3) is 0 Å². The van der Waals surface area contributed by atoms with Crippen LogP contribution in [-0.4, -0.2) is 31.5 Å². The van der Waals surface area contributed by atoms with Gasteiger partial charge in [-0.25, -0.2) is 0 Å². The van der Waals surface area contributed by atoms with Crippen LogP contribution < -0.4 is 5.73 Å². The number of hydrogen-bond donors (Lipinski definition) is 1. The van der Waals surface area contributed by atoms with Crippen LogP contribution in [0.4, 0.5) is 0 Å². The minimum Gasteiger partial charge on any atom is -0.376 e. The Hall–Kier alpha value is -0.120. The lowest BCUT2D eigenvalue weighted by Gasteiger charge is -2.35. The van der Waals surface area contributed by atoms with Crippen molar-refractivity contribution in [1.82, 2.24) is 0 Å². The summed E-state index contributed by atoms with van der Waals surface area (Å²) in [6, 6.07) is 0. The van der Waals surface area contributed by atoms with E-state index in [1.165, 1.54) is 0 Å². The summed E-state index contributed by atoms with van der Waals surface area (Å²) >= 11 is 0. The van der Waals surface area contributed by atoms with Gasteiger partial charge in [-0.05, 0) is 13.8 Å². The van der Waals surface area contributed by atoms with Gasteiger partial charge in [-0.1, -0.05) is 0 Å². The Morgan fingerprint density at radius 2 is 2.30 bits per heavy atom. The van der Waals surface area contributed by atoms with E-state index < -0.39 is 0 Å². The number of hydrogen-bond acceptors (Lipinski definition) is 3. The van der Waals surface area contributed by atoms with Crippen molar-refractivity contribution in [1.29, 1.82) is 0 Å². The maximum Gasteiger partial charge on any atom is 0.0938 e. The number of ether oxygens (including phenoxy) is 2. The van der Waals surface area contributed by atoms with Crippen LogP contribution in [0.1, 0.15) is 13.8 Å². The van der Waals surface area contributed by atoms with E-state index in [2.05, 4.69) is 0 Å². The summed E-state index contributed by atoms with van der Waals surface area (Å²) in [4.78, 5) is 0. The molecular formula is C7H15NO2. The summed E-state index contributed by atoms with van der Waals surface area (Å²) in [5, 5.41) is 0. The Labute approximate surface area is 61.5 Å². The lowest BCUT2D eigenvalue weighted by atomic mass is 10.1. The van der Waals surface area contributed by atoms with Crippen LogP contribution in [0.15, 0.2) is 0 Å². The fourth-order valence-electron chi connectivity index (χ4n) is 1.07. The smallest absolute Gasteiger partial charge is 0.0938 e. The van der Waals surface area contributed by atoms with Crippen molar-refractivity contribution in [2.24, 2.45) is 5.73 Å². The largest absolute Gasteiger partial charge is 0.376 e. The molecule has 0 saturated carbocycles. The highest BCUT2D eigenvalue weighted by Crippen LogP contribution is 2.17. The molecule has 0 aromatic rings. The van der Waals surface area contributed by atoms with E-state index in [4.69, 9.17) is 15.2 Å². The molecule has 0 aromatic carbocycles. The van der Waals surface area contributed by atoms with Crippen LogP contribution in [0.2, 0.25) is 0 Å². The van der Waals surface area contributed by atoms with Crippen LogP contribution in [0.3, 0.4) is 0 Å². The molecule has 60 valence electrons. The SMILES string of the molecule is CC1(C)COC[C@H](CN)O1. The molecule has 0 unspecified atom stereocenters. The molecule has 1 aliphatic rings. The lowest BCUT2D eigenvalue weighted by Crippen LogP contribution is -2.46. The maximum atomic E-state index is 5.57. The van der Waals surface area contributed by atoms with Gasteiger partial charge in [-0.15, -0.1) is 0 Å². The normalized spacial score (nSPS) is 32.1. The third-order valence-electron chi connectivity index (χ3n) is 1.50. The molecule has 1 fully saturated rings. The highest BCUT2D eigenvalue weighted by Gasteiger charge is 2.28. The first-order chi connectivity index (χ1) is 4.64. The molecule has 0 spiro atoms. The Balaban J connectivity index is 2.40. The van der Waals surface area contributed by atoms with Gasteiger partial charge in [0.15, 0.2) is 0 Å². The third-order valence-corrected chi connectivity index (χ3v) is 1.50. The molecule has 0 aliphatic carbocycles. The first-order valence-corrected chi connectivity index (χ1v) is 3.60. The van der Waals surface area contributed by atoms with Crippen molar-refractivity contribution >= 4 is 0 Å². The fourth-order valence-corrected chi connectivity index (χ4v) is 1.07. The van der Waals surface area contributed by atoms with E-state index >= 15 is 0 Å². The zero-order valence-corrected chi connectivity index (χ0v) is 6.59. The molecule has 1 rings (SSSR count). The topological polar surface area (TPSA) is 44.5 Å². The standard InChI is InChI=1S/C7H15NO2/c1-7(2)5-9-4-6(3-8)10-7/h6H,3-5,8H2,1-2H3/t6-/m0/s1. The van der Waals surface area contributed by atoms with Crippen LogP contribution in [-0.2, 0) is 9.47 Å². The zero-order valence-electron chi connectivity index (χ0n) is 6.59. The van der Waals surface area contributed by atoms with E-state index in [1.54, 1.807) is 0 Å². The average molecular weight is 145 g/mol. The van der Waals surface area contributed by atoms with Gasteiger partial charge in [-0.3, -0.25) is 0 Å². The Kier molecular flexibility index (Phi) is 2.28. The summed E-state index contributed by atoms with van der Waals surface area (Å²) in [7, 11) is 0. The second-order valence-electron chi connectivity index (χ2n) is 3.25. The molecule has 0 bridgehead atoms. The van der Waals surface area contributed by atoms with E-state index in [0.29, 0.717) is 19.8 Å². The molecule has 1 aliphatic heterocycles. The third kappa shape index (κ3) is 1.94. The summed E-state index contributed by atoms with van der Waals surface area (Å²) < 4.78 is 10.9. The highest BCUT2D eigenvalue weighted by atomic mass is 16.6. The molecule has 0 radical (unpaired) electrons. The first kappa shape index (κ1) is 7.98. The Morgan fingerprint density at radius 1 is 1.60 bits per heavy atom. The zero-order chi connectivity index (χ0) is 7.61. The molecule has 2 N–H and O–H groups in total. The van der Waals surface area contributed by atoms with Crippen molar-refractivity contribution in [3.63, 3.8) is 0 Å². The minimum absolute atomic E-state index is 0.0868. The van der Waals surface area contributed by atoms with E-state index in [1.807, 2.05) is 13.8 Å². The van der Waals surface area contributed by atoms with Crippen LogP contribution >= 0.6 is 0 Å². The molecule has 10 heavy (non-hydrogen) atoms. The van der Waals surface area contributed by atoms with Gasteiger partial charge in [-0.2, -0.15) is 0 Å². The Bertz CT molecular complexity index is 114. The van der Waals surface area contributed by atoms with E-state index in [9.17, 15) is 0 Å². The molecule has 3 heteroatoms. The van der Waals surface area contributed by atoms with Crippen LogP contribution in [0.25, 0.3) is 0 Å². The summed E-state index contributed by atoms with van der Waals surface area (Å²) in [5.74, 6) is 0. The van der Waals surface area contributed by atoms with Crippen molar-refractivity contribution in [2.45, 2.75) is 25.6 Å². The van der Waals surface area contributed by atoms with Gasteiger partial charge in [0.2, 0.25) is 0 Å². The van der Waals surface area contributed by atoms with Gasteiger partial charge < -0.3 is 15.2 Å². The van der Waals surface area contributed by atoms with E-state index in [-0.39, 0.29) is 11.7 Å². The molecule has 1 heterocycles.